The molecular formula is C22H16ClN5O6S. The molecule has 0 aliphatic heterocycles. The predicted molar refractivity (Wildman–Crippen MR) is 132 cm³/mol. The van der Waals surface area contributed by atoms with Gasteiger partial charge in [0.25, 0.3) is 11.4 Å². The molecule has 0 aliphatic carbocycles. The number of imidazole rings is 1. The van der Waals surface area contributed by atoms with Crippen molar-refractivity contribution in [3.8, 4) is 11.4 Å². The molecule has 1 aromatic heterocycles. The number of anilines is 1. The maximum absolute atomic E-state index is 12.7. The number of nitrogens with zero attached hydrogens (tertiary/aromatic N) is 4. The maximum Gasteiger partial charge on any atom is 0.292 e. The van der Waals surface area contributed by atoms with Crippen LogP contribution in [0.2, 0.25) is 5.02 Å². The van der Waals surface area contributed by atoms with Gasteiger partial charge < -0.3 is 10.1 Å². The van der Waals surface area contributed by atoms with Crippen LogP contribution in [0.4, 0.5) is 17.1 Å². The van der Waals surface area contributed by atoms with Gasteiger partial charge in [-0.1, -0.05) is 35.5 Å². The lowest BCUT2D eigenvalue weighted by atomic mass is 10.2. The van der Waals surface area contributed by atoms with E-state index in [1.54, 1.807) is 34.9 Å². The van der Waals surface area contributed by atoms with E-state index in [9.17, 15) is 25.0 Å². The molecule has 0 spiro atoms. The number of carbonyl (C=O) groups excluding carboxylic acids is 1. The molecule has 0 bridgehead atoms. The van der Waals surface area contributed by atoms with Crippen molar-refractivity contribution in [3.63, 3.8) is 0 Å². The summed E-state index contributed by atoms with van der Waals surface area (Å²) in [7, 11) is 1.51. The van der Waals surface area contributed by atoms with Crippen LogP contribution >= 0.6 is 23.4 Å². The highest BCUT2D eigenvalue weighted by Crippen LogP contribution is 2.34. The molecule has 11 nitrogen and oxygen atoms in total. The molecule has 1 amide bonds. The fourth-order valence-corrected chi connectivity index (χ4v) is 4.38. The first-order chi connectivity index (χ1) is 16.8. The number of methoxy groups -OCH3 is 1. The van der Waals surface area contributed by atoms with Gasteiger partial charge in [0.05, 0.1) is 39.4 Å². The molecule has 35 heavy (non-hydrogen) atoms. The van der Waals surface area contributed by atoms with Crippen molar-refractivity contribution >= 4 is 57.4 Å². The lowest BCUT2D eigenvalue weighted by Gasteiger charge is -2.13. The maximum atomic E-state index is 12.7. The molecule has 0 saturated heterocycles. The third-order valence-electron chi connectivity index (χ3n) is 4.91. The summed E-state index contributed by atoms with van der Waals surface area (Å²) in [5.74, 6) is -0.138. The molecule has 0 atom stereocenters. The largest absolute Gasteiger partial charge is 0.495 e. The second-order valence-corrected chi connectivity index (χ2v) is 8.47. The summed E-state index contributed by atoms with van der Waals surface area (Å²) in [6.45, 7) is 0. The number of nitrogens with one attached hydrogen (secondary N) is 1. The van der Waals surface area contributed by atoms with Gasteiger partial charge in [0.15, 0.2) is 5.16 Å². The number of non-ortho nitro benzene ring substituents is 1. The SMILES string of the molecule is COc1ccccc1-n1c(SCC(=O)Nc2cc(Cl)ccc2[N+](=O)[O-])nc2cc([N+](=O)[O-])ccc21. The Morgan fingerprint density at radius 2 is 1.89 bits per heavy atom. The number of amides is 1. The molecule has 0 fully saturated rings. The Morgan fingerprint density at radius 1 is 1.11 bits per heavy atom. The Balaban J connectivity index is 1.68. The average Bonchev–Trinajstić information content (AvgIpc) is 3.20. The topological polar surface area (TPSA) is 142 Å². The van der Waals surface area contributed by atoms with E-state index in [1.807, 2.05) is 0 Å². The molecule has 1 N–H and O–H groups in total. The number of nitro groups is 2. The van der Waals surface area contributed by atoms with Crippen LogP contribution in [0.3, 0.4) is 0 Å². The van der Waals surface area contributed by atoms with Gasteiger partial charge in [0.1, 0.15) is 11.4 Å². The normalized spacial score (nSPS) is 10.8. The number of rotatable bonds is 8. The monoisotopic (exact) mass is 513 g/mol. The summed E-state index contributed by atoms with van der Waals surface area (Å²) in [6, 6.07) is 15.3. The van der Waals surface area contributed by atoms with Gasteiger partial charge >= 0.3 is 0 Å². The number of halogens is 1. The number of fused-ring (bicyclic) bond motifs is 1. The summed E-state index contributed by atoms with van der Waals surface area (Å²) in [5, 5.41) is 25.6. The Kier molecular flexibility index (Phi) is 6.85. The number of nitro benzene ring substituents is 2. The summed E-state index contributed by atoms with van der Waals surface area (Å²) in [6.07, 6.45) is 0. The first-order valence-corrected chi connectivity index (χ1v) is 11.3. The minimum atomic E-state index is -0.618. The fourth-order valence-electron chi connectivity index (χ4n) is 3.39. The molecule has 0 aliphatic rings. The molecule has 4 rings (SSSR count). The van der Waals surface area contributed by atoms with Gasteiger partial charge in [-0.05, 0) is 30.3 Å². The van der Waals surface area contributed by atoms with E-state index in [-0.39, 0.29) is 27.8 Å². The van der Waals surface area contributed by atoms with Crippen molar-refractivity contribution in [3.05, 3.63) is 85.9 Å². The zero-order chi connectivity index (χ0) is 25.1. The molecule has 4 aromatic rings. The summed E-state index contributed by atoms with van der Waals surface area (Å²) in [4.78, 5) is 38.5. The van der Waals surface area contributed by atoms with Crippen LogP contribution in [0.15, 0.2) is 65.8 Å². The van der Waals surface area contributed by atoms with Crippen LogP contribution in [0.5, 0.6) is 5.75 Å². The molecule has 3 aromatic carbocycles. The van der Waals surface area contributed by atoms with Crippen LogP contribution in [-0.2, 0) is 4.79 Å². The number of hydrogen-bond acceptors (Lipinski definition) is 8. The Morgan fingerprint density at radius 3 is 2.60 bits per heavy atom. The van der Waals surface area contributed by atoms with Crippen molar-refractivity contribution in [2.75, 3.05) is 18.2 Å². The lowest BCUT2D eigenvalue weighted by Crippen LogP contribution is -2.15. The number of benzene rings is 3. The second-order valence-electron chi connectivity index (χ2n) is 7.09. The molecule has 1 heterocycles. The van der Waals surface area contributed by atoms with Crippen molar-refractivity contribution < 1.29 is 19.4 Å². The van der Waals surface area contributed by atoms with Gasteiger partial charge in [-0.2, -0.15) is 0 Å². The fraction of sp³-hybridized carbons (Fsp3) is 0.0909. The minimum absolute atomic E-state index is 0.0260. The highest BCUT2D eigenvalue weighted by atomic mass is 35.5. The molecule has 0 saturated carbocycles. The summed E-state index contributed by atoms with van der Waals surface area (Å²) < 4.78 is 7.20. The summed E-state index contributed by atoms with van der Waals surface area (Å²) >= 11 is 6.98. The zero-order valence-electron chi connectivity index (χ0n) is 18.0. The van der Waals surface area contributed by atoms with Crippen molar-refractivity contribution in [2.24, 2.45) is 0 Å². The quantitative estimate of drug-likeness (QED) is 0.191. The lowest BCUT2D eigenvalue weighted by molar-refractivity contribution is -0.384. The van der Waals surface area contributed by atoms with E-state index in [4.69, 9.17) is 16.3 Å². The van der Waals surface area contributed by atoms with Gasteiger partial charge in [0, 0.05) is 23.2 Å². The van der Waals surface area contributed by atoms with E-state index in [0.29, 0.717) is 27.6 Å². The van der Waals surface area contributed by atoms with Crippen LogP contribution in [-0.4, -0.2) is 38.2 Å². The van der Waals surface area contributed by atoms with Crippen molar-refractivity contribution in [1.82, 2.24) is 9.55 Å². The Labute approximate surface area is 207 Å². The van der Waals surface area contributed by atoms with Crippen molar-refractivity contribution in [2.45, 2.75) is 5.16 Å². The summed E-state index contributed by atoms with van der Waals surface area (Å²) in [5.41, 5.74) is 1.12. The first-order valence-electron chi connectivity index (χ1n) is 9.95. The van der Waals surface area contributed by atoms with E-state index < -0.39 is 15.8 Å². The minimum Gasteiger partial charge on any atom is -0.495 e. The number of aromatic nitrogens is 2. The van der Waals surface area contributed by atoms with E-state index in [2.05, 4.69) is 10.3 Å². The zero-order valence-corrected chi connectivity index (χ0v) is 19.6. The van der Waals surface area contributed by atoms with Crippen LogP contribution in [0.1, 0.15) is 0 Å². The third kappa shape index (κ3) is 5.03. The van der Waals surface area contributed by atoms with Crippen molar-refractivity contribution in [1.29, 1.82) is 0 Å². The number of carbonyl (C=O) groups is 1. The first kappa shape index (κ1) is 24.0. The van der Waals surface area contributed by atoms with Crippen LogP contribution in [0, 0.1) is 20.2 Å². The van der Waals surface area contributed by atoms with Gasteiger partial charge in [-0.15, -0.1) is 0 Å². The number of hydrogen-bond donors (Lipinski definition) is 1. The van der Waals surface area contributed by atoms with E-state index >= 15 is 0 Å². The van der Waals surface area contributed by atoms with Gasteiger partial charge in [-0.3, -0.25) is 29.6 Å². The molecular weight excluding hydrogens is 498 g/mol. The smallest absolute Gasteiger partial charge is 0.292 e. The highest BCUT2D eigenvalue weighted by molar-refractivity contribution is 7.99. The Hall–Kier alpha value is -4.16. The standard InChI is InChI=1S/C22H16ClN5O6S/c1-34-20-5-3-2-4-19(20)26-17-9-7-14(27(30)31)11-16(17)25-22(26)35-12-21(29)24-15-10-13(23)6-8-18(15)28(32)33/h2-11H,12H2,1H3,(H,24,29). The second kappa shape index (κ2) is 9.99. The number of thioether (sulfide) groups is 1. The predicted octanol–water partition coefficient (Wildman–Crippen LogP) is 5.23. The third-order valence-corrected chi connectivity index (χ3v) is 6.08. The van der Waals surface area contributed by atoms with E-state index in [1.165, 1.54) is 37.4 Å². The average molecular weight is 514 g/mol. The molecule has 13 heteroatoms. The number of ether oxygens (including phenoxy) is 1. The van der Waals surface area contributed by atoms with Crippen LogP contribution in [0.25, 0.3) is 16.7 Å². The molecule has 0 radical (unpaired) electrons. The van der Waals surface area contributed by atoms with E-state index in [0.717, 1.165) is 11.8 Å². The highest BCUT2D eigenvalue weighted by Gasteiger charge is 2.21. The Bertz CT molecular complexity index is 1470. The molecule has 0 unspecified atom stereocenters. The molecule has 178 valence electrons. The van der Waals surface area contributed by atoms with Gasteiger partial charge in [-0.25, -0.2) is 4.98 Å². The number of para-hydroxylation sites is 2. The van der Waals surface area contributed by atoms with Crippen LogP contribution < -0.4 is 10.1 Å². The van der Waals surface area contributed by atoms with Gasteiger partial charge in [0.2, 0.25) is 5.91 Å².